The molecule has 0 aromatic carbocycles. The molecule has 2 aliphatic heterocycles. The second kappa shape index (κ2) is 6.56. The molecule has 5 nitrogen and oxygen atoms in total. The van der Waals surface area contributed by atoms with Crippen molar-refractivity contribution in [1.82, 2.24) is 0 Å². The Bertz CT molecular complexity index is 561. The first kappa shape index (κ1) is 18.9. The summed E-state index contributed by atoms with van der Waals surface area (Å²) in [6.07, 6.45) is 8.09. The van der Waals surface area contributed by atoms with E-state index >= 15 is 0 Å². The van der Waals surface area contributed by atoms with Gasteiger partial charge in [-0.25, -0.2) is 0 Å². The molecule has 26 heavy (non-hydrogen) atoms. The van der Waals surface area contributed by atoms with Gasteiger partial charge in [-0.05, 0) is 43.9 Å². The van der Waals surface area contributed by atoms with Crippen molar-refractivity contribution in [2.24, 2.45) is 16.7 Å². The third-order valence-electron chi connectivity index (χ3n) is 7.63. The van der Waals surface area contributed by atoms with E-state index in [0.29, 0.717) is 32.3 Å². The molecule has 0 unspecified atom stereocenters. The lowest BCUT2D eigenvalue weighted by Crippen LogP contribution is -2.57. The van der Waals surface area contributed by atoms with E-state index in [4.69, 9.17) is 18.9 Å². The number of fused-ring (bicyclic) bond motifs is 1. The Kier molecular flexibility index (Phi) is 4.76. The minimum atomic E-state index is -0.544. The van der Waals surface area contributed by atoms with E-state index in [1.165, 1.54) is 5.57 Å². The normalized spacial score (nSPS) is 41.2. The average molecular weight is 366 g/mol. The smallest absolute Gasteiger partial charge is 0.177 e. The molecule has 5 heteroatoms. The van der Waals surface area contributed by atoms with Gasteiger partial charge in [-0.1, -0.05) is 25.5 Å². The van der Waals surface area contributed by atoms with E-state index in [-0.39, 0.29) is 17.4 Å². The molecule has 0 aromatic heterocycles. The Balaban J connectivity index is 1.67. The highest BCUT2D eigenvalue weighted by atomic mass is 16.7. The van der Waals surface area contributed by atoms with Gasteiger partial charge in [-0.3, -0.25) is 0 Å². The highest BCUT2D eigenvalue weighted by Crippen LogP contribution is 2.62. The van der Waals surface area contributed by atoms with E-state index in [1.807, 2.05) is 6.92 Å². The van der Waals surface area contributed by atoms with Crippen LogP contribution in [0.2, 0.25) is 0 Å². The third kappa shape index (κ3) is 2.78. The van der Waals surface area contributed by atoms with Crippen molar-refractivity contribution in [2.45, 2.75) is 70.9 Å². The number of rotatable bonds is 4. The van der Waals surface area contributed by atoms with Crippen LogP contribution < -0.4 is 0 Å². The van der Waals surface area contributed by atoms with E-state index < -0.39 is 11.6 Å². The summed E-state index contributed by atoms with van der Waals surface area (Å²) in [6.45, 7) is 9.48. The summed E-state index contributed by atoms with van der Waals surface area (Å²) in [4.78, 5) is 0. The molecule has 2 heterocycles. The summed E-state index contributed by atoms with van der Waals surface area (Å²) in [5, 5.41) is 10.1. The van der Waals surface area contributed by atoms with Crippen molar-refractivity contribution < 1.29 is 24.1 Å². The Morgan fingerprint density at radius 2 is 1.62 bits per heavy atom. The van der Waals surface area contributed by atoms with Crippen LogP contribution in [0.5, 0.6) is 0 Å². The topological polar surface area (TPSA) is 57.2 Å². The van der Waals surface area contributed by atoms with Gasteiger partial charge < -0.3 is 24.1 Å². The molecule has 0 amide bonds. The van der Waals surface area contributed by atoms with Crippen LogP contribution in [0.25, 0.3) is 0 Å². The summed E-state index contributed by atoms with van der Waals surface area (Å²) in [7, 11) is 0. The molecule has 0 bridgehead atoms. The number of allylic oxidation sites excluding steroid dienone is 1. The number of aliphatic hydroxyl groups excluding tert-OH is 1. The van der Waals surface area contributed by atoms with Crippen LogP contribution in [0.15, 0.2) is 11.6 Å². The molecule has 1 saturated carbocycles. The lowest BCUT2D eigenvalue weighted by molar-refractivity contribution is -0.252. The van der Waals surface area contributed by atoms with Gasteiger partial charge in [0, 0.05) is 24.9 Å². The molecule has 148 valence electrons. The highest BCUT2D eigenvalue weighted by Gasteiger charge is 2.61. The van der Waals surface area contributed by atoms with Crippen LogP contribution in [0.3, 0.4) is 0 Å². The summed E-state index contributed by atoms with van der Waals surface area (Å²) in [5.74, 6) is -0.661. The van der Waals surface area contributed by atoms with Gasteiger partial charge >= 0.3 is 0 Å². The zero-order chi connectivity index (χ0) is 18.5. The second-order valence-electron chi connectivity index (χ2n) is 9.21. The molecule has 2 aliphatic carbocycles. The maximum Gasteiger partial charge on any atom is 0.177 e. The third-order valence-corrected chi connectivity index (χ3v) is 7.63. The SMILES string of the molecule is CC1(CC[C@]2(C)C3=CCC[C@@](C)(CO)[C@H]3CCC23OCCO3)OCCO1. The van der Waals surface area contributed by atoms with Crippen molar-refractivity contribution in [1.29, 1.82) is 0 Å². The summed E-state index contributed by atoms with van der Waals surface area (Å²) in [5.41, 5.74) is 1.16. The molecular weight excluding hydrogens is 332 g/mol. The largest absolute Gasteiger partial charge is 0.396 e. The van der Waals surface area contributed by atoms with Crippen molar-refractivity contribution in [2.75, 3.05) is 33.0 Å². The number of hydrogen-bond acceptors (Lipinski definition) is 5. The van der Waals surface area contributed by atoms with Crippen LogP contribution in [0, 0.1) is 16.7 Å². The average Bonchev–Trinajstić information content (AvgIpc) is 3.28. The fourth-order valence-electron chi connectivity index (χ4n) is 5.81. The first-order valence-corrected chi connectivity index (χ1v) is 10.2. The molecule has 1 spiro atoms. The standard InChI is InChI=1S/C21H34O5/c1-18(15-22)7-4-5-17-16(18)6-8-21(25-13-14-26-21)19(17,2)9-10-20(3)23-11-12-24-20/h5,16,22H,4,6-15H2,1-3H3/t16-,18-,19+/m0/s1. The predicted octanol–water partition coefficient (Wildman–Crippen LogP) is 3.41. The van der Waals surface area contributed by atoms with Gasteiger partial charge in [-0.15, -0.1) is 0 Å². The first-order chi connectivity index (χ1) is 12.4. The highest BCUT2D eigenvalue weighted by molar-refractivity contribution is 5.29. The van der Waals surface area contributed by atoms with E-state index in [2.05, 4.69) is 19.9 Å². The lowest BCUT2D eigenvalue weighted by Gasteiger charge is -2.57. The Morgan fingerprint density at radius 3 is 2.27 bits per heavy atom. The summed E-state index contributed by atoms with van der Waals surface area (Å²) in [6, 6.07) is 0. The van der Waals surface area contributed by atoms with Gasteiger partial charge in [0.15, 0.2) is 11.6 Å². The quantitative estimate of drug-likeness (QED) is 0.773. The van der Waals surface area contributed by atoms with Crippen molar-refractivity contribution in [3.05, 3.63) is 11.6 Å². The van der Waals surface area contributed by atoms with Gasteiger partial charge in [0.1, 0.15) is 0 Å². The van der Waals surface area contributed by atoms with Gasteiger partial charge in [0.25, 0.3) is 0 Å². The minimum Gasteiger partial charge on any atom is -0.396 e. The maximum atomic E-state index is 10.1. The van der Waals surface area contributed by atoms with Crippen molar-refractivity contribution >= 4 is 0 Å². The van der Waals surface area contributed by atoms with E-state index in [0.717, 1.165) is 38.5 Å². The number of aliphatic hydroxyl groups is 1. The zero-order valence-corrected chi connectivity index (χ0v) is 16.5. The van der Waals surface area contributed by atoms with E-state index in [1.54, 1.807) is 0 Å². The van der Waals surface area contributed by atoms with E-state index in [9.17, 15) is 5.11 Å². The Labute approximate surface area is 157 Å². The second-order valence-corrected chi connectivity index (χ2v) is 9.21. The molecule has 3 atom stereocenters. The monoisotopic (exact) mass is 366 g/mol. The molecule has 4 aliphatic rings. The summed E-state index contributed by atoms with van der Waals surface area (Å²) >= 11 is 0. The van der Waals surface area contributed by atoms with Crippen molar-refractivity contribution in [3.8, 4) is 0 Å². The molecule has 1 N–H and O–H groups in total. The first-order valence-electron chi connectivity index (χ1n) is 10.2. The maximum absolute atomic E-state index is 10.1. The van der Waals surface area contributed by atoms with Gasteiger partial charge in [0.2, 0.25) is 0 Å². The molecule has 2 saturated heterocycles. The molecule has 0 radical (unpaired) electrons. The Morgan fingerprint density at radius 1 is 0.962 bits per heavy atom. The minimum absolute atomic E-state index is 0.0458. The lowest BCUT2D eigenvalue weighted by atomic mass is 9.52. The number of ether oxygens (including phenoxy) is 4. The molecule has 4 rings (SSSR count). The van der Waals surface area contributed by atoms with Gasteiger partial charge in [0.05, 0.1) is 26.4 Å². The van der Waals surface area contributed by atoms with Crippen molar-refractivity contribution in [3.63, 3.8) is 0 Å². The fraction of sp³-hybridized carbons (Fsp3) is 0.905. The predicted molar refractivity (Wildman–Crippen MR) is 97.5 cm³/mol. The number of hydrogen-bond donors (Lipinski definition) is 1. The van der Waals surface area contributed by atoms with Crippen LogP contribution in [0.1, 0.15) is 59.3 Å². The van der Waals surface area contributed by atoms with Crippen LogP contribution in [-0.2, 0) is 18.9 Å². The zero-order valence-electron chi connectivity index (χ0n) is 16.5. The van der Waals surface area contributed by atoms with Crippen LogP contribution in [0.4, 0.5) is 0 Å². The van der Waals surface area contributed by atoms with Crippen LogP contribution in [-0.4, -0.2) is 49.7 Å². The Hall–Kier alpha value is -0.460. The van der Waals surface area contributed by atoms with Crippen LogP contribution >= 0.6 is 0 Å². The fourth-order valence-corrected chi connectivity index (χ4v) is 5.81. The molecule has 0 aromatic rings. The molecular formula is C21H34O5. The van der Waals surface area contributed by atoms with Gasteiger partial charge in [-0.2, -0.15) is 0 Å². The molecule has 3 fully saturated rings. The summed E-state index contributed by atoms with van der Waals surface area (Å²) < 4.78 is 24.3.